The molecule has 0 fully saturated rings. The van der Waals surface area contributed by atoms with E-state index in [1.807, 2.05) is 87.5 Å². The van der Waals surface area contributed by atoms with E-state index < -0.39 is 6.04 Å². The van der Waals surface area contributed by atoms with Gasteiger partial charge in [0.2, 0.25) is 11.8 Å². The fourth-order valence-corrected chi connectivity index (χ4v) is 4.65. The Labute approximate surface area is 211 Å². The average Bonchev–Trinajstić information content (AvgIpc) is 2.79. The van der Waals surface area contributed by atoms with E-state index in [4.69, 9.17) is 0 Å². The first kappa shape index (κ1) is 25.7. The Morgan fingerprint density at radius 3 is 2.21 bits per heavy atom. The molecule has 5 heteroatoms. The van der Waals surface area contributed by atoms with Gasteiger partial charge in [-0.3, -0.25) is 9.59 Å². The largest absolute Gasteiger partial charge is 0.354 e. The molecule has 1 atom stereocenters. The molecule has 0 unspecified atom stereocenters. The summed E-state index contributed by atoms with van der Waals surface area (Å²) in [6, 6.07) is 23.4. The number of aryl methyl sites for hydroxylation is 2. The first-order valence-electron chi connectivity index (χ1n) is 11.8. The van der Waals surface area contributed by atoms with E-state index in [9.17, 15) is 9.59 Å². The number of halogens is 1. The molecule has 34 heavy (non-hydrogen) atoms. The lowest BCUT2D eigenvalue weighted by Gasteiger charge is -2.32. The Hall–Kier alpha value is -2.92. The summed E-state index contributed by atoms with van der Waals surface area (Å²) < 4.78 is 0.946. The molecule has 0 spiro atoms. The van der Waals surface area contributed by atoms with Crippen LogP contribution in [0.2, 0.25) is 0 Å². The third-order valence-electron chi connectivity index (χ3n) is 5.70. The highest BCUT2D eigenvalue weighted by molar-refractivity contribution is 9.10. The maximum Gasteiger partial charge on any atom is 0.243 e. The van der Waals surface area contributed by atoms with E-state index in [-0.39, 0.29) is 18.2 Å². The highest BCUT2D eigenvalue weighted by Crippen LogP contribution is 2.19. The first-order valence-corrected chi connectivity index (χ1v) is 12.6. The molecule has 4 nitrogen and oxygen atoms in total. The molecule has 178 valence electrons. The second-order valence-corrected chi connectivity index (χ2v) is 9.74. The van der Waals surface area contributed by atoms with Gasteiger partial charge in [-0.1, -0.05) is 94.6 Å². The van der Waals surface area contributed by atoms with Gasteiger partial charge in [-0.2, -0.15) is 0 Å². The summed E-state index contributed by atoms with van der Waals surface area (Å²) >= 11 is 3.53. The van der Waals surface area contributed by atoms with Crippen LogP contribution in [0, 0.1) is 13.8 Å². The fourth-order valence-electron chi connectivity index (χ4n) is 4.20. The van der Waals surface area contributed by atoms with Crippen LogP contribution in [0.5, 0.6) is 0 Å². The van der Waals surface area contributed by atoms with Gasteiger partial charge in [0.05, 0.1) is 6.42 Å². The highest BCUT2D eigenvalue weighted by Gasteiger charge is 2.30. The van der Waals surface area contributed by atoms with Gasteiger partial charge in [0.15, 0.2) is 0 Å². The quantitative estimate of drug-likeness (QED) is 0.368. The maximum atomic E-state index is 13.8. The van der Waals surface area contributed by atoms with Crippen molar-refractivity contribution in [3.05, 3.63) is 105 Å². The van der Waals surface area contributed by atoms with E-state index in [0.717, 1.165) is 38.7 Å². The standard InChI is InChI=1S/C29H33BrN2O2/c1-4-13-31-29(34)27(18-23-9-6-5-7-10-23)32(20-24-11-8-12-26(30)17-24)28(33)19-25-15-21(2)14-22(3)16-25/h5-12,14-17,27H,4,13,18-20H2,1-3H3,(H,31,34)/t27-/m1/s1. The molecular formula is C29H33BrN2O2. The molecule has 3 aromatic rings. The van der Waals surface area contributed by atoms with Crippen molar-refractivity contribution in [1.82, 2.24) is 10.2 Å². The topological polar surface area (TPSA) is 49.4 Å². The molecular weight excluding hydrogens is 488 g/mol. The molecule has 0 radical (unpaired) electrons. The molecule has 0 heterocycles. The Kier molecular flexibility index (Phi) is 9.46. The van der Waals surface area contributed by atoms with Crippen molar-refractivity contribution >= 4 is 27.7 Å². The fraction of sp³-hybridized carbons (Fsp3) is 0.310. The third kappa shape index (κ3) is 7.56. The van der Waals surface area contributed by atoms with Crippen molar-refractivity contribution in [2.24, 2.45) is 0 Å². The van der Waals surface area contributed by atoms with Crippen LogP contribution in [-0.4, -0.2) is 29.3 Å². The lowest BCUT2D eigenvalue weighted by molar-refractivity contribution is -0.140. The number of rotatable bonds is 10. The number of nitrogens with one attached hydrogen (secondary N) is 1. The molecule has 0 aliphatic heterocycles. The SMILES string of the molecule is CCCNC(=O)[C@@H](Cc1ccccc1)N(Cc1cccc(Br)c1)C(=O)Cc1cc(C)cc(C)c1. The van der Waals surface area contributed by atoms with Gasteiger partial charge >= 0.3 is 0 Å². The highest BCUT2D eigenvalue weighted by atomic mass is 79.9. The number of hydrogen-bond acceptors (Lipinski definition) is 2. The van der Waals surface area contributed by atoms with Crippen LogP contribution >= 0.6 is 15.9 Å². The lowest BCUT2D eigenvalue weighted by atomic mass is 10.0. The first-order chi connectivity index (χ1) is 16.4. The summed E-state index contributed by atoms with van der Waals surface area (Å²) in [5.74, 6) is -0.174. The van der Waals surface area contributed by atoms with Gasteiger partial charge in [0.1, 0.15) is 6.04 Å². The van der Waals surface area contributed by atoms with Crippen LogP contribution < -0.4 is 5.32 Å². The van der Waals surface area contributed by atoms with E-state index in [1.165, 1.54) is 0 Å². The monoisotopic (exact) mass is 520 g/mol. The Balaban J connectivity index is 1.97. The molecule has 3 aromatic carbocycles. The van der Waals surface area contributed by atoms with E-state index in [1.54, 1.807) is 4.90 Å². The molecule has 0 saturated heterocycles. The summed E-state index contributed by atoms with van der Waals surface area (Å²) in [5.41, 5.74) is 5.22. The van der Waals surface area contributed by atoms with E-state index in [2.05, 4.69) is 27.3 Å². The van der Waals surface area contributed by atoms with Gasteiger partial charge in [-0.25, -0.2) is 0 Å². The zero-order chi connectivity index (χ0) is 24.5. The van der Waals surface area contributed by atoms with Crippen LogP contribution in [-0.2, 0) is 29.0 Å². The number of carbonyl (C=O) groups is 2. The van der Waals surface area contributed by atoms with Crippen LogP contribution in [0.1, 0.15) is 41.2 Å². The van der Waals surface area contributed by atoms with Crippen molar-refractivity contribution in [3.63, 3.8) is 0 Å². The molecule has 1 N–H and O–H groups in total. The second-order valence-electron chi connectivity index (χ2n) is 8.82. The Morgan fingerprint density at radius 2 is 1.56 bits per heavy atom. The summed E-state index contributed by atoms with van der Waals surface area (Å²) in [6.07, 6.45) is 1.55. The van der Waals surface area contributed by atoms with Crippen molar-refractivity contribution in [2.75, 3.05) is 6.54 Å². The average molecular weight is 521 g/mol. The van der Waals surface area contributed by atoms with E-state index in [0.29, 0.717) is 19.5 Å². The summed E-state index contributed by atoms with van der Waals surface area (Å²) in [6.45, 7) is 7.05. The second kappa shape index (κ2) is 12.5. The van der Waals surface area contributed by atoms with E-state index >= 15 is 0 Å². The van der Waals surface area contributed by atoms with Crippen molar-refractivity contribution in [2.45, 2.75) is 52.6 Å². The zero-order valence-corrected chi connectivity index (χ0v) is 21.8. The van der Waals surface area contributed by atoms with Crippen LogP contribution in [0.15, 0.2) is 77.3 Å². The van der Waals surface area contributed by atoms with Crippen molar-refractivity contribution < 1.29 is 9.59 Å². The molecule has 0 aliphatic carbocycles. The molecule has 0 aromatic heterocycles. The number of benzene rings is 3. The number of carbonyl (C=O) groups excluding carboxylic acids is 2. The minimum Gasteiger partial charge on any atom is -0.354 e. The molecule has 2 amide bonds. The predicted molar refractivity (Wildman–Crippen MR) is 142 cm³/mol. The van der Waals surface area contributed by atoms with Gasteiger partial charge in [-0.15, -0.1) is 0 Å². The van der Waals surface area contributed by atoms with Crippen LogP contribution in [0.4, 0.5) is 0 Å². The van der Waals surface area contributed by atoms with Crippen LogP contribution in [0.3, 0.4) is 0 Å². The minimum atomic E-state index is -0.605. The smallest absolute Gasteiger partial charge is 0.243 e. The van der Waals surface area contributed by atoms with Crippen molar-refractivity contribution in [3.8, 4) is 0 Å². The number of amides is 2. The molecule has 0 aliphatic rings. The lowest BCUT2D eigenvalue weighted by Crippen LogP contribution is -2.51. The number of hydrogen-bond donors (Lipinski definition) is 1. The minimum absolute atomic E-state index is 0.0578. The zero-order valence-electron chi connectivity index (χ0n) is 20.2. The van der Waals surface area contributed by atoms with Gasteiger partial charge in [0, 0.05) is 24.0 Å². The Bertz CT molecular complexity index is 1090. The summed E-state index contributed by atoms with van der Waals surface area (Å²) in [5, 5.41) is 3.03. The van der Waals surface area contributed by atoms with Crippen molar-refractivity contribution in [1.29, 1.82) is 0 Å². The summed E-state index contributed by atoms with van der Waals surface area (Å²) in [4.78, 5) is 28.9. The number of nitrogens with zero attached hydrogens (tertiary/aromatic N) is 1. The van der Waals surface area contributed by atoms with Gasteiger partial charge < -0.3 is 10.2 Å². The third-order valence-corrected chi connectivity index (χ3v) is 6.19. The van der Waals surface area contributed by atoms with Gasteiger partial charge in [0.25, 0.3) is 0 Å². The molecule has 0 saturated carbocycles. The van der Waals surface area contributed by atoms with Crippen LogP contribution in [0.25, 0.3) is 0 Å². The normalized spacial score (nSPS) is 11.6. The Morgan fingerprint density at radius 1 is 0.882 bits per heavy atom. The summed E-state index contributed by atoms with van der Waals surface area (Å²) in [7, 11) is 0. The predicted octanol–water partition coefficient (Wildman–Crippen LogP) is 5.77. The maximum absolute atomic E-state index is 13.8. The molecule has 3 rings (SSSR count). The van der Waals surface area contributed by atoms with Gasteiger partial charge in [-0.05, 0) is 49.1 Å². The molecule has 0 bridgehead atoms.